The number of benzene rings is 1. The lowest BCUT2D eigenvalue weighted by Gasteiger charge is -2.38. The fourth-order valence-electron chi connectivity index (χ4n) is 4.49. The Hall–Kier alpha value is -3.00. The lowest BCUT2D eigenvalue weighted by molar-refractivity contribution is 0.0521. The summed E-state index contributed by atoms with van der Waals surface area (Å²) in [5, 5.41) is 0. The molecule has 0 spiro atoms. The summed E-state index contributed by atoms with van der Waals surface area (Å²) in [6.07, 6.45) is 2.11. The first-order valence-electron chi connectivity index (χ1n) is 12.2. The number of fused-ring (bicyclic) bond motifs is 3. The third-order valence-electron chi connectivity index (χ3n) is 6.26. The van der Waals surface area contributed by atoms with Crippen molar-refractivity contribution >= 4 is 5.97 Å². The quantitative estimate of drug-likeness (QED) is 0.368. The van der Waals surface area contributed by atoms with E-state index in [2.05, 4.69) is 20.8 Å². The van der Waals surface area contributed by atoms with Gasteiger partial charge in [-0.05, 0) is 31.9 Å². The first kappa shape index (κ1) is 25.1. The maximum Gasteiger partial charge on any atom is 0.343 e. The Kier molecular flexibility index (Phi) is 7.12. The summed E-state index contributed by atoms with van der Waals surface area (Å²) in [5.41, 5.74) is 1.73. The highest BCUT2D eigenvalue weighted by Gasteiger charge is 2.41. The molecule has 2 aromatic rings. The van der Waals surface area contributed by atoms with Crippen molar-refractivity contribution in [1.29, 1.82) is 0 Å². The molecule has 2 aliphatic rings. The average Bonchev–Trinajstić information content (AvgIpc) is 3.65. The Bertz CT molecular complexity index is 1160. The zero-order valence-electron chi connectivity index (χ0n) is 21.4. The van der Waals surface area contributed by atoms with E-state index < -0.39 is 12.1 Å². The van der Waals surface area contributed by atoms with E-state index in [-0.39, 0.29) is 29.2 Å². The van der Waals surface area contributed by atoms with Crippen molar-refractivity contribution in [1.82, 2.24) is 4.57 Å². The first-order chi connectivity index (χ1) is 16.7. The molecule has 0 amide bonds. The molecule has 8 heteroatoms. The molecule has 0 bridgehead atoms. The second-order valence-electron chi connectivity index (χ2n) is 10.0. The Labute approximate surface area is 206 Å². The normalized spacial score (nSPS) is 16.7. The van der Waals surface area contributed by atoms with Crippen molar-refractivity contribution in [3.8, 4) is 28.5 Å². The zero-order valence-corrected chi connectivity index (χ0v) is 21.4. The maximum absolute atomic E-state index is 13.6. The SMILES string of the molecule is CCOC(=O)c1cc2c(n(C3CC3)c1=O)-c1cc(OC)c(OCCCOC)cc1OC2C(C)(C)C. The molecule has 190 valence electrons. The smallest absolute Gasteiger partial charge is 0.343 e. The predicted octanol–water partition coefficient (Wildman–Crippen LogP) is 4.93. The summed E-state index contributed by atoms with van der Waals surface area (Å²) in [6, 6.07) is 5.40. The number of methoxy groups -OCH3 is 2. The van der Waals surface area contributed by atoms with E-state index in [1.54, 1.807) is 31.8 Å². The fraction of sp³-hybridized carbons (Fsp3) is 0.556. The van der Waals surface area contributed by atoms with Crippen LogP contribution < -0.4 is 19.8 Å². The van der Waals surface area contributed by atoms with Gasteiger partial charge in [0.2, 0.25) is 0 Å². The Morgan fingerprint density at radius 2 is 1.86 bits per heavy atom. The highest BCUT2D eigenvalue weighted by atomic mass is 16.5. The van der Waals surface area contributed by atoms with Crippen molar-refractivity contribution < 1.29 is 28.5 Å². The Morgan fingerprint density at radius 1 is 1.11 bits per heavy atom. The first-order valence-corrected chi connectivity index (χ1v) is 12.2. The van der Waals surface area contributed by atoms with Gasteiger partial charge in [-0.2, -0.15) is 0 Å². The van der Waals surface area contributed by atoms with Crippen molar-refractivity contribution in [2.75, 3.05) is 34.0 Å². The topological polar surface area (TPSA) is 85.2 Å². The molecule has 8 nitrogen and oxygen atoms in total. The van der Waals surface area contributed by atoms with Gasteiger partial charge in [0.05, 0.1) is 26.0 Å². The second kappa shape index (κ2) is 9.93. The van der Waals surface area contributed by atoms with Crippen LogP contribution in [0.1, 0.15) is 75.0 Å². The van der Waals surface area contributed by atoms with Crippen molar-refractivity contribution in [3.05, 3.63) is 39.7 Å². The fourth-order valence-corrected chi connectivity index (χ4v) is 4.49. The van der Waals surface area contributed by atoms with Gasteiger partial charge in [0.15, 0.2) is 11.5 Å². The van der Waals surface area contributed by atoms with Crippen LogP contribution in [0, 0.1) is 5.41 Å². The lowest BCUT2D eigenvalue weighted by Crippen LogP contribution is -2.34. The van der Waals surface area contributed by atoms with Gasteiger partial charge in [-0.15, -0.1) is 0 Å². The molecule has 1 aliphatic carbocycles. The average molecular weight is 486 g/mol. The molecule has 1 saturated carbocycles. The second-order valence-corrected chi connectivity index (χ2v) is 10.0. The van der Waals surface area contributed by atoms with Gasteiger partial charge < -0.3 is 28.3 Å². The third-order valence-corrected chi connectivity index (χ3v) is 6.26. The molecule has 35 heavy (non-hydrogen) atoms. The van der Waals surface area contributed by atoms with Crippen LogP contribution in [0.15, 0.2) is 23.0 Å². The minimum Gasteiger partial charge on any atom is -0.493 e. The highest BCUT2D eigenvalue weighted by molar-refractivity contribution is 5.90. The minimum atomic E-state index is -0.606. The molecule has 1 aliphatic heterocycles. The number of rotatable bonds is 9. The van der Waals surface area contributed by atoms with Crippen molar-refractivity contribution in [2.45, 2.75) is 59.1 Å². The number of pyridine rings is 1. The molecule has 1 atom stereocenters. The molecule has 1 aromatic heterocycles. The highest BCUT2D eigenvalue weighted by Crippen LogP contribution is 2.53. The monoisotopic (exact) mass is 485 g/mol. The molecule has 1 unspecified atom stereocenters. The van der Waals surface area contributed by atoms with E-state index >= 15 is 0 Å². The van der Waals surface area contributed by atoms with E-state index in [1.165, 1.54) is 0 Å². The van der Waals surface area contributed by atoms with Crippen LogP contribution in [0.5, 0.6) is 17.2 Å². The summed E-state index contributed by atoms with van der Waals surface area (Å²) in [7, 11) is 3.24. The van der Waals surface area contributed by atoms with E-state index in [4.69, 9.17) is 23.7 Å². The number of aromatic nitrogens is 1. The molecule has 1 aromatic carbocycles. The zero-order chi connectivity index (χ0) is 25.3. The molecular formula is C27H35NO7. The van der Waals surface area contributed by atoms with Gasteiger partial charge in [0, 0.05) is 48.8 Å². The molecular weight excluding hydrogens is 450 g/mol. The van der Waals surface area contributed by atoms with Crippen LogP contribution in [-0.4, -0.2) is 44.6 Å². The van der Waals surface area contributed by atoms with Gasteiger partial charge in [-0.25, -0.2) is 4.79 Å². The number of carbonyl (C=O) groups excluding carboxylic acids is 1. The summed E-state index contributed by atoms with van der Waals surface area (Å²) < 4.78 is 30.3. The van der Waals surface area contributed by atoms with Crippen LogP contribution in [0.4, 0.5) is 0 Å². The van der Waals surface area contributed by atoms with Gasteiger partial charge in [0.25, 0.3) is 5.56 Å². The Balaban J connectivity index is 1.92. The largest absolute Gasteiger partial charge is 0.493 e. The van der Waals surface area contributed by atoms with Gasteiger partial charge in [-0.3, -0.25) is 4.79 Å². The molecule has 0 N–H and O–H groups in total. The summed E-state index contributed by atoms with van der Waals surface area (Å²) in [4.78, 5) is 26.3. The van der Waals surface area contributed by atoms with Crippen LogP contribution in [0.3, 0.4) is 0 Å². The van der Waals surface area contributed by atoms with Crippen molar-refractivity contribution in [2.24, 2.45) is 5.41 Å². The van der Waals surface area contributed by atoms with Crippen molar-refractivity contribution in [3.63, 3.8) is 0 Å². The van der Waals surface area contributed by atoms with Crippen LogP contribution >= 0.6 is 0 Å². The number of hydrogen-bond acceptors (Lipinski definition) is 7. The third kappa shape index (κ3) is 4.89. The van der Waals surface area contributed by atoms with Gasteiger partial charge in [-0.1, -0.05) is 20.8 Å². The number of ether oxygens (including phenoxy) is 5. The molecule has 2 heterocycles. The summed E-state index contributed by atoms with van der Waals surface area (Å²) in [5.74, 6) is 1.14. The summed E-state index contributed by atoms with van der Waals surface area (Å²) >= 11 is 0. The number of esters is 1. The molecule has 1 fully saturated rings. The predicted molar refractivity (Wildman–Crippen MR) is 132 cm³/mol. The molecule has 4 rings (SSSR count). The molecule has 0 saturated heterocycles. The van der Waals surface area contributed by atoms with E-state index in [0.717, 1.165) is 36.1 Å². The van der Waals surface area contributed by atoms with Crippen LogP contribution in [-0.2, 0) is 9.47 Å². The number of carbonyl (C=O) groups is 1. The Morgan fingerprint density at radius 3 is 2.46 bits per heavy atom. The summed E-state index contributed by atoms with van der Waals surface area (Å²) in [6.45, 7) is 9.23. The van der Waals surface area contributed by atoms with Crippen LogP contribution in [0.25, 0.3) is 11.3 Å². The van der Waals surface area contributed by atoms with E-state index in [1.807, 2.05) is 12.1 Å². The molecule has 0 radical (unpaired) electrons. The number of nitrogens with zero attached hydrogens (tertiary/aromatic N) is 1. The van der Waals surface area contributed by atoms with E-state index in [0.29, 0.717) is 30.5 Å². The van der Waals surface area contributed by atoms with Crippen LogP contribution in [0.2, 0.25) is 0 Å². The van der Waals surface area contributed by atoms with Gasteiger partial charge >= 0.3 is 5.97 Å². The van der Waals surface area contributed by atoms with Gasteiger partial charge in [0.1, 0.15) is 17.4 Å². The minimum absolute atomic E-state index is 0.0353. The lowest BCUT2D eigenvalue weighted by atomic mass is 9.80. The number of hydrogen-bond donors (Lipinski definition) is 0. The van der Waals surface area contributed by atoms with E-state index in [9.17, 15) is 9.59 Å². The standard InChI is InChI=1S/C27H35NO7/c1-7-33-26(30)19-13-18-23(28(25(19)29)16-9-10-16)17-14-21(32-6)22(34-12-8-11-31-5)15-20(17)35-24(18)27(2,3)4/h13-16,24H,7-12H2,1-6H3. The maximum atomic E-state index is 13.6.